The van der Waals surface area contributed by atoms with Crippen LogP contribution in [-0.2, 0) is 89.6 Å². The minimum absolute atomic E-state index is 0.000983. The van der Waals surface area contributed by atoms with Crippen LogP contribution in [0.2, 0.25) is 0 Å². The first-order valence-electron chi connectivity index (χ1n) is 49.7. The van der Waals surface area contributed by atoms with Gasteiger partial charge in [-0.25, -0.2) is 0 Å². The zero-order chi connectivity index (χ0) is 102. The van der Waals surface area contributed by atoms with Crippen molar-refractivity contribution in [3.05, 3.63) is 59.7 Å². The molecule has 0 unspecified atom stereocenters. The molecule has 770 valence electrons. The first-order chi connectivity index (χ1) is 65.1. The standard InChI is InChI=1S/C97H164N22O18/c1-56(2)51-72-88(128)104-70(31-17-23-47-102)86(126)115-79(59(7)8)93(133)107-67(28-14-20-44-99)84(124)112-74(53-58(5)6)90(130)114-76(55-63-37-41-65(121)42-38-63)97(137)119-50-26-34-78(119)92(132)117-81(61(11)12)95(135)108-68(29-15-21-45-100)83(123)111-73(52-57(3)4)89(129)105-71(32-18-24-48-103)87(127)116-80(60(9)10)94(134)109-69(30-16-22-46-101)85(125)113-75(54-62-35-39-64(120)40-36-62)96(136)118-49-25-33-77(118)91(131)106-66(82(122)110-72)27-13-19-43-98/h35-42,56-61,66-81,120-121H,13-34,43-55,98-103H2,1-12H3,(H,104,128)(H,105,129)(H,106,131)(H,107,133)(H,108,135)(H,109,134)(H,110,122)(H,111,123)(H,112,124)(H,113,125)(H,114,130)(H,115,126)(H,116,127)(H,117,132)/t66-,67-,68-,69-,70-,71-,72-,73-,74-,75+,76+,77-,78-,79-,80-,81-/m0/s1. The largest absolute Gasteiger partial charge is 0.508 e. The summed E-state index contributed by atoms with van der Waals surface area (Å²) in [4.78, 5) is 244. The summed E-state index contributed by atoms with van der Waals surface area (Å²) in [5, 5.41) is 60.4. The summed E-state index contributed by atoms with van der Waals surface area (Å²) >= 11 is 0. The van der Waals surface area contributed by atoms with Gasteiger partial charge in [-0.15, -0.1) is 0 Å². The fourth-order valence-corrected chi connectivity index (χ4v) is 17.1. The normalized spacial score (nSPS) is 25.4. The third-order valence-electron chi connectivity index (χ3n) is 24.9. The highest BCUT2D eigenvalue weighted by molar-refractivity contribution is 6.02. The lowest BCUT2D eigenvalue weighted by atomic mass is 9.98. The number of hydrogen-bond acceptors (Lipinski definition) is 24. The highest BCUT2D eigenvalue weighted by Crippen LogP contribution is 2.26. The van der Waals surface area contributed by atoms with Gasteiger partial charge >= 0.3 is 0 Å². The van der Waals surface area contributed by atoms with E-state index in [-0.39, 0.29) is 172 Å². The number of unbranched alkanes of at least 4 members (excludes halogenated alkanes) is 6. The van der Waals surface area contributed by atoms with Crippen LogP contribution in [0.15, 0.2) is 48.5 Å². The number of hydrogen-bond donors (Lipinski definition) is 22. The van der Waals surface area contributed by atoms with Crippen molar-refractivity contribution in [3.8, 4) is 11.5 Å². The fourth-order valence-electron chi connectivity index (χ4n) is 17.1. The van der Waals surface area contributed by atoms with Gasteiger partial charge in [-0.3, -0.25) is 76.7 Å². The van der Waals surface area contributed by atoms with Crippen molar-refractivity contribution in [1.82, 2.24) is 84.2 Å². The van der Waals surface area contributed by atoms with Gasteiger partial charge in [0.15, 0.2) is 0 Å². The number of nitrogens with zero attached hydrogens (tertiary/aromatic N) is 2. The first-order valence-corrected chi connectivity index (χ1v) is 49.7. The Labute approximate surface area is 808 Å². The van der Waals surface area contributed by atoms with Crippen molar-refractivity contribution < 1.29 is 86.9 Å². The van der Waals surface area contributed by atoms with E-state index in [0.717, 1.165) is 0 Å². The van der Waals surface area contributed by atoms with E-state index in [0.29, 0.717) is 94.6 Å². The average molecular weight is 1930 g/mol. The molecule has 2 aromatic carbocycles. The van der Waals surface area contributed by atoms with Gasteiger partial charge in [-0.05, 0) is 271 Å². The number of nitrogens with one attached hydrogen (secondary N) is 14. The summed E-state index contributed by atoms with van der Waals surface area (Å²) in [5.41, 5.74) is 36.8. The molecule has 0 spiro atoms. The summed E-state index contributed by atoms with van der Waals surface area (Å²) in [6.07, 6.45) is 4.73. The van der Waals surface area contributed by atoms with Crippen LogP contribution in [0, 0.1) is 35.5 Å². The van der Waals surface area contributed by atoms with Crippen LogP contribution in [0.1, 0.15) is 255 Å². The lowest BCUT2D eigenvalue weighted by Gasteiger charge is -2.32. The Kier molecular flexibility index (Phi) is 51.9. The summed E-state index contributed by atoms with van der Waals surface area (Å²) in [7, 11) is 0. The molecule has 40 nitrogen and oxygen atoms in total. The SMILES string of the molecule is CC(C)C[C@@H]1NC(=O)[C@H](CCCCN)NC(=O)[C@H](C(C)C)NC(=O)[C@@H]2CCCN2C(=O)[C@@H](Cc2ccc(O)cc2)NC(=O)[C@H](CC(C)C)NC(=O)[C@H](CCCCN)NC(=O)[C@H](C(C)C)NC(=O)[C@H](CCCCN)NC(=O)[C@H](CC(C)C)NC(=O)[C@H](CCCCN)NC(=O)[C@@H]2CCCN2C(=O)[C@@H](Cc2ccc(O)cc2)NC(=O)[C@H](CCCCN)NC(=O)[C@H](C(C)C)NC(=O)[C@H](CCCCN)NC1=O. The van der Waals surface area contributed by atoms with Crippen molar-refractivity contribution in [2.24, 2.45) is 69.9 Å². The molecule has 0 radical (unpaired) electrons. The van der Waals surface area contributed by atoms with E-state index in [1.807, 2.05) is 27.7 Å². The molecule has 0 bridgehead atoms. The van der Waals surface area contributed by atoms with E-state index in [4.69, 9.17) is 34.4 Å². The number of fused-ring (bicyclic) bond motifs is 2. The van der Waals surface area contributed by atoms with E-state index >= 15 is 33.6 Å². The molecule has 3 saturated heterocycles. The van der Waals surface area contributed by atoms with Crippen LogP contribution in [0.5, 0.6) is 11.5 Å². The van der Waals surface area contributed by atoms with Gasteiger partial charge in [-0.1, -0.05) is 107 Å². The zero-order valence-electron chi connectivity index (χ0n) is 82.9. The minimum atomic E-state index is -1.45. The van der Waals surface area contributed by atoms with E-state index in [1.165, 1.54) is 34.1 Å². The Hall–Kier alpha value is -10.7. The van der Waals surface area contributed by atoms with Crippen LogP contribution in [0.25, 0.3) is 0 Å². The Morgan fingerprint density at radius 2 is 0.460 bits per heavy atom. The van der Waals surface area contributed by atoms with Crippen LogP contribution < -0.4 is 109 Å². The van der Waals surface area contributed by atoms with Gasteiger partial charge < -0.3 is 129 Å². The average Bonchev–Trinajstić information content (AvgIpc) is 1.73. The van der Waals surface area contributed by atoms with Crippen LogP contribution >= 0.6 is 0 Å². The molecule has 0 aromatic heterocycles. The van der Waals surface area contributed by atoms with Crippen LogP contribution in [0.3, 0.4) is 0 Å². The summed E-state index contributed by atoms with van der Waals surface area (Å²) in [6.45, 7) is 22.1. The van der Waals surface area contributed by atoms with Crippen molar-refractivity contribution >= 4 is 94.5 Å². The quantitative estimate of drug-likeness (QED) is 0.0411. The van der Waals surface area contributed by atoms with Crippen LogP contribution in [-0.4, -0.2) is 264 Å². The van der Waals surface area contributed by atoms with Crippen molar-refractivity contribution in [3.63, 3.8) is 0 Å². The number of phenols is 2. The number of phenolic OH excluding ortho intramolecular Hbond substituents is 2. The molecule has 0 aliphatic carbocycles. The third kappa shape index (κ3) is 39.6. The zero-order valence-corrected chi connectivity index (χ0v) is 82.9. The molecular weight excluding hydrogens is 1760 g/mol. The van der Waals surface area contributed by atoms with E-state index < -0.39 is 209 Å². The van der Waals surface area contributed by atoms with Gasteiger partial charge in [0.05, 0.1) is 0 Å². The van der Waals surface area contributed by atoms with Crippen LogP contribution in [0.4, 0.5) is 0 Å². The number of amides is 16. The number of aromatic hydroxyl groups is 2. The molecule has 0 saturated carbocycles. The first kappa shape index (κ1) is 117. The Bertz CT molecular complexity index is 4200. The molecule has 2 aromatic rings. The molecule has 3 fully saturated rings. The third-order valence-corrected chi connectivity index (χ3v) is 24.9. The molecule has 28 N–H and O–H groups in total. The number of carbonyl (C=O) groups excluding carboxylic acids is 16. The molecule has 40 heteroatoms. The van der Waals surface area contributed by atoms with Crippen molar-refractivity contribution in [1.29, 1.82) is 0 Å². The molecule has 16 atom stereocenters. The van der Waals surface area contributed by atoms with Gasteiger partial charge in [0, 0.05) is 25.9 Å². The van der Waals surface area contributed by atoms with Crippen molar-refractivity contribution in [2.75, 3.05) is 52.4 Å². The maximum atomic E-state index is 15.5. The predicted octanol–water partition coefficient (Wildman–Crippen LogP) is 0.546. The second-order valence-electron chi connectivity index (χ2n) is 39.1. The summed E-state index contributed by atoms with van der Waals surface area (Å²) < 4.78 is 0. The Balaban J connectivity index is 1.68. The van der Waals surface area contributed by atoms with E-state index in [1.54, 1.807) is 79.7 Å². The van der Waals surface area contributed by atoms with E-state index in [9.17, 15) is 53.4 Å². The predicted molar refractivity (Wildman–Crippen MR) is 520 cm³/mol. The maximum Gasteiger partial charge on any atom is 0.246 e. The number of rotatable bonds is 37. The maximum absolute atomic E-state index is 15.5. The second kappa shape index (κ2) is 60.9. The Morgan fingerprint density at radius 3 is 0.693 bits per heavy atom. The molecule has 16 amide bonds. The lowest BCUT2D eigenvalue weighted by molar-refractivity contribution is -0.143. The summed E-state index contributed by atoms with van der Waals surface area (Å²) in [5.74, 6) is -15.6. The highest BCUT2D eigenvalue weighted by atomic mass is 16.3. The summed E-state index contributed by atoms with van der Waals surface area (Å²) in [6, 6.07) is -9.86. The van der Waals surface area contributed by atoms with Gasteiger partial charge in [-0.2, -0.15) is 0 Å². The molecule has 3 aliphatic heterocycles. The highest BCUT2D eigenvalue weighted by Gasteiger charge is 2.45. The van der Waals surface area contributed by atoms with Crippen molar-refractivity contribution in [2.45, 2.75) is 353 Å². The van der Waals surface area contributed by atoms with E-state index in [2.05, 4.69) is 74.4 Å². The molecular formula is C97H164N22O18. The number of carbonyl (C=O) groups is 16. The molecule has 3 heterocycles. The minimum Gasteiger partial charge on any atom is -0.508 e. The monoisotopic (exact) mass is 1930 g/mol. The molecule has 3 aliphatic rings. The molecule has 137 heavy (non-hydrogen) atoms. The van der Waals surface area contributed by atoms with Gasteiger partial charge in [0.2, 0.25) is 94.5 Å². The second-order valence-corrected chi connectivity index (χ2v) is 39.1. The Morgan fingerprint density at radius 1 is 0.263 bits per heavy atom. The number of nitrogens with two attached hydrogens (primary N) is 6. The van der Waals surface area contributed by atoms with Gasteiger partial charge in [0.1, 0.15) is 108 Å². The van der Waals surface area contributed by atoms with Gasteiger partial charge in [0.25, 0.3) is 0 Å². The molecule has 5 rings (SSSR count). The fraction of sp³-hybridized carbons (Fsp3) is 0.711. The lowest BCUT2D eigenvalue weighted by Crippen LogP contribution is -2.62. The number of benzene rings is 2. The topological polar surface area (TPSA) is 645 Å². The smallest absolute Gasteiger partial charge is 0.246 e.